The number of nitrogens with zero attached hydrogens (tertiary/aromatic N) is 3. The topological polar surface area (TPSA) is 84.8 Å². The fourth-order valence-electron chi connectivity index (χ4n) is 3.35. The number of aliphatic carboxylic acids is 1. The second-order valence-corrected chi connectivity index (χ2v) is 6.22. The number of aromatic nitrogens is 2. The van der Waals surface area contributed by atoms with E-state index in [2.05, 4.69) is 9.97 Å². The second-order valence-electron chi connectivity index (χ2n) is 6.22. The number of ether oxygens (including phenoxy) is 2. The normalized spacial score (nSPS) is 21.5. The first-order chi connectivity index (χ1) is 12.0. The largest absolute Gasteiger partial charge is 0.481 e. The summed E-state index contributed by atoms with van der Waals surface area (Å²) in [5.41, 5.74) is 1.30. The van der Waals surface area contributed by atoms with Crippen molar-refractivity contribution in [2.75, 3.05) is 32.7 Å². The number of hydrogen-bond acceptors (Lipinski definition) is 6. The van der Waals surface area contributed by atoms with Gasteiger partial charge >= 0.3 is 12.0 Å². The van der Waals surface area contributed by atoms with E-state index in [0.717, 1.165) is 5.56 Å². The lowest BCUT2D eigenvalue weighted by Crippen LogP contribution is -2.32. The van der Waals surface area contributed by atoms with Gasteiger partial charge < -0.3 is 19.5 Å². The number of benzene rings is 1. The number of anilines is 1. The molecular weight excluding hydrogens is 322 g/mol. The van der Waals surface area contributed by atoms with E-state index in [1.165, 1.54) is 14.2 Å². The van der Waals surface area contributed by atoms with Crippen LogP contribution in [0.4, 0.5) is 5.69 Å². The Morgan fingerprint density at radius 2 is 2.04 bits per heavy atom. The summed E-state index contributed by atoms with van der Waals surface area (Å²) >= 11 is 0. The molecule has 2 aromatic rings. The third-order valence-corrected chi connectivity index (χ3v) is 4.74. The van der Waals surface area contributed by atoms with Crippen LogP contribution in [0.1, 0.15) is 12.0 Å². The van der Waals surface area contributed by atoms with Crippen molar-refractivity contribution in [3.8, 4) is 11.9 Å². The summed E-state index contributed by atoms with van der Waals surface area (Å²) in [6.45, 7) is 0.528. The summed E-state index contributed by atoms with van der Waals surface area (Å²) in [4.78, 5) is 21.9. The van der Waals surface area contributed by atoms with Gasteiger partial charge in [-0.15, -0.1) is 0 Å². The highest BCUT2D eigenvalue weighted by molar-refractivity contribution is 5.77. The molecule has 0 amide bonds. The molecule has 132 valence electrons. The van der Waals surface area contributed by atoms with Crippen LogP contribution < -0.4 is 14.4 Å². The summed E-state index contributed by atoms with van der Waals surface area (Å²) < 4.78 is 10.4. The van der Waals surface area contributed by atoms with Crippen LogP contribution in [0.5, 0.6) is 11.9 Å². The van der Waals surface area contributed by atoms with E-state index in [1.54, 1.807) is 6.20 Å². The molecule has 1 aromatic heterocycles. The van der Waals surface area contributed by atoms with Gasteiger partial charge in [-0.3, -0.25) is 4.79 Å². The summed E-state index contributed by atoms with van der Waals surface area (Å²) in [7, 11) is 4.91. The number of methoxy groups -OCH3 is 2. The molecular formula is C18H21N3O4. The fraction of sp³-hybridized carbons (Fsp3) is 0.389. The lowest BCUT2D eigenvalue weighted by atomic mass is 9.92. The molecule has 1 aliphatic carbocycles. The Balaban J connectivity index is 1.90. The van der Waals surface area contributed by atoms with E-state index in [4.69, 9.17) is 9.47 Å². The van der Waals surface area contributed by atoms with Gasteiger partial charge in [0.05, 0.1) is 26.3 Å². The summed E-state index contributed by atoms with van der Waals surface area (Å²) in [5.74, 6) is -0.775. The SMILES string of the molecule is COc1ncc(N(C)C[C@@]2(c3ccccc3)C[C@H]2C(=O)O)c(OC)n1. The molecule has 1 aromatic carbocycles. The van der Waals surface area contributed by atoms with Crippen molar-refractivity contribution in [1.82, 2.24) is 9.97 Å². The van der Waals surface area contributed by atoms with Crippen LogP contribution in [0.2, 0.25) is 0 Å². The smallest absolute Gasteiger partial charge is 0.319 e. The van der Waals surface area contributed by atoms with Crippen molar-refractivity contribution in [2.45, 2.75) is 11.8 Å². The maximum absolute atomic E-state index is 11.6. The molecule has 1 heterocycles. The average Bonchev–Trinajstić information content (AvgIpc) is 3.37. The molecule has 1 N–H and O–H groups in total. The predicted molar refractivity (Wildman–Crippen MR) is 92.3 cm³/mol. The van der Waals surface area contributed by atoms with E-state index < -0.39 is 17.3 Å². The maximum Gasteiger partial charge on any atom is 0.319 e. The first kappa shape index (κ1) is 17.0. The molecule has 0 spiro atoms. The van der Waals surface area contributed by atoms with Gasteiger partial charge in [-0.2, -0.15) is 4.98 Å². The van der Waals surface area contributed by atoms with Crippen LogP contribution >= 0.6 is 0 Å². The van der Waals surface area contributed by atoms with Crippen molar-refractivity contribution in [1.29, 1.82) is 0 Å². The Kier molecular flexibility index (Phi) is 4.48. The van der Waals surface area contributed by atoms with Gasteiger partial charge in [0, 0.05) is 19.0 Å². The quantitative estimate of drug-likeness (QED) is 0.822. The van der Waals surface area contributed by atoms with Gasteiger partial charge in [0.25, 0.3) is 0 Å². The Morgan fingerprint density at radius 1 is 1.32 bits per heavy atom. The van der Waals surface area contributed by atoms with Crippen molar-refractivity contribution < 1.29 is 19.4 Å². The Hall–Kier alpha value is -2.83. The molecule has 2 atom stereocenters. The van der Waals surface area contributed by atoms with Gasteiger partial charge in [-0.1, -0.05) is 30.3 Å². The summed E-state index contributed by atoms with van der Waals surface area (Å²) in [5, 5.41) is 9.52. The zero-order valence-corrected chi connectivity index (χ0v) is 14.5. The van der Waals surface area contributed by atoms with Crippen molar-refractivity contribution in [3.63, 3.8) is 0 Å². The monoisotopic (exact) mass is 343 g/mol. The molecule has 0 aliphatic heterocycles. The number of hydrogen-bond donors (Lipinski definition) is 1. The number of rotatable bonds is 7. The van der Waals surface area contributed by atoms with Crippen LogP contribution in [-0.2, 0) is 10.2 Å². The highest BCUT2D eigenvalue weighted by Crippen LogP contribution is 2.55. The first-order valence-corrected chi connectivity index (χ1v) is 7.96. The molecule has 0 saturated heterocycles. The molecule has 3 rings (SSSR count). The lowest BCUT2D eigenvalue weighted by molar-refractivity contribution is -0.139. The van der Waals surface area contributed by atoms with Crippen LogP contribution in [-0.4, -0.2) is 48.9 Å². The third kappa shape index (κ3) is 3.09. The zero-order valence-electron chi connectivity index (χ0n) is 14.5. The third-order valence-electron chi connectivity index (χ3n) is 4.74. The standard InChI is InChI=1S/C18H21N3O4/c1-21(14-10-19-17(25-3)20-15(14)24-2)11-18(9-13(18)16(22)23)12-7-5-4-6-8-12/h4-8,10,13H,9,11H2,1-3H3,(H,22,23)/t13-,18+/m0/s1. The fourth-order valence-corrected chi connectivity index (χ4v) is 3.35. The molecule has 0 unspecified atom stereocenters. The molecule has 7 nitrogen and oxygen atoms in total. The zero-order chi connectivity index (χ0) is 18.0. The number of carbonyl (C=O) groups is 1. The highest BCUT2D eigenvalue weighted by atomic mass is 16.5. The minimum atomic E-state index is -0.768. The second kappa shape index (κ2) is 6.58. The summed E-state index contributed by atoms with van der Waals surface area (Å²) in [6, 6.07) is 9.99. The van der Waals surface area contributed by atoms with Gasteiger partial charge in [0.1, 0.15) is 5.69 Å². The van der Waals surface area contributed by atoms with Crippen molar-refractivity contribution >= 4 is 11.7 Å². The van der Waals surface area contributed by atoms with Crippen molar-refractivity contribution in [3.05, 3.63) is 42.1 Å². The van der Waals surface area contributed by atoms with Crippen LogP contribution in [0, 0.1) is 5.92 Å². The molecule has 25 heavy (non-hydrogen) atoms. The molecule has 1 aliphatic rings. The molecule has 1 fully saturated rings. The lowest BCUT2D eigenvalue weighted by Gasteiger charge is -2.27. The van der Waals surface area contributed by atoms with Crippen LogP contribution in [0.3, 0.4) is 0 Å². The molecule has 1 saturated carbocycles. The van der Waals surface area contributed by atoms with E-state index in [-0.39, 0.29) is 6.01 Å². The van der Waals surface area contributed by atoms with Gasteiger partial charge in [-0.25, -0.2) is 4.98 Å². The number of likely N-dealkylation sites (N-methyl/N-ethyl adjacent to an activating group) is 1. The van der Waals surface area contributed by atoms with E-state index in [9.17, 15) is 9.90 Å². The minimum absolute atomic E-state index is 0.224. The number of carboxylic acids is 1. The molecule has 7 heteroatoms. The van der Waals surface area contributed by atoms with E-state index in [1.807, 2.05) is 42.3 Å². The predicted octanol–water partition coefficient (Wildman–Crippen LogP) is 1.97. The Morgan fingerprint density at radius 3 is 2.60 bits per heavy atom. The van der Waals surface area contributed by atoms with Crippen LogP contribution in [0.15, 0.2) is 36.5 Å². The van der Waals surface area contributed by atoms with Gasteiger partial charge in [0.15, 0.2) is 0 Å². The molecule has 0 radical (unpaired) electrons. The van der Waals surface area contributed by atoms with E-state index >= 15 is 0 Å². The van der Waals surface area contributed by atoms with Crippen LogP contribution in [0.25, 0.3) is 0 Å². The molecule has 0 bridgehead atoms. The summed E-state index contributed by atoms with van der Waals surface area (Å²) in [6.07, 6.45) is 2.23. The first-order valence-electron chi connectivity index (χ1n) is 7.96. The van der Waals surface area contributed by atoms with Gasteiger partial charge in [-0.05, 0) is 12.0 Å². The van der Waals surface area contributed by atoms with Gasteiger partial charge in [0.2, 0.25) is 5.88 Å². The van der Waals surface area contributed by atoms with Crippen molar-refractivity contribution in [2.24, 2.45) is 5.92 Å². The average molecular weight is 343 g/mol. The Bertz CT molecular complexity index is 768. The maximum atomic E-state index is 11.6. The minimum Gasteiger partial charge on any atom is -0.481 e. The number of carboxylic acid groups (broad SMARTS) is 1. The van der Waals surface area contributed by atoms with E-state index in [0.29, 0.717) is 24.5 Å². The Labute approximate surface area is 146 Å². The highest BCUT2D eigenvalue weighted by Gasteiger charge is 2.60.